The maximum atomic E-state index is 12.4. The zero-order valence-corrected chi connectivity index (χ0v) is 18.3. The summed E-state index contributed by atoms with van der Waals surface area (Å²) in [5, 5.41) is 11.4. The third-order valence-corrected chi connectivity index (χ3v) is 5.87. The van der Waals surface area contributed by atoms with Crippen LogP contribution in [0.4, 0.5) is 16.4 Å². The number of nitrogens with one attached hydrogen (secondary N) is 1. The van der Waals surface area contributed by atoms with Crippen LogP contribution in [0.2, 0.25) is 0 Å². The molecule has 2 fully saturated rings. The van der Waals surface area contributed by atoms with Gasteiger partial charge in [0.1, 0.15) is 13.2 Å². The molecule has 9 heteroatoms. The third-order valence-electron chi connectivity index (χ3n) is 5.87. The maximum Gasteiger partial charge on any atom is 0.407 e. The molecule has 0 atom stereocenters. The molecule has 1 aromatic carbocycles. The summed E-state index contributed by atoms with van der Waals surface area (Å²) in [6.45, 7) is 4.72. The van der Waals surface area contributed by atoms with Crippen molar-refractivity contribution in [2.75, 3.05) is 55.6 Å². The van der Waals surface area contributed by atoms with Gasteiger partial charge in [-0.05, 0) is 37.0 Å². The van der Waals surface area contributed by atoms with Crippen LogP contribution in [0.15, 0.2) is 42.5 Å². The number of nitrogens with zero attached hydrogens (tertiary/aromatic N) is 5. The van der Waals surface area contributed by atoms with E-state index in [1.807, 2.05) is 42.5 Å². The van der Waals surface area contributed by atoms with Gasteiger partial charge in [0.05, 0.1) is 0 Å². The molecule has 0 aliphatic carbocycles. The number of hydrogen-bond acceptors (Lipinski definition) is 7. The molecule has 0 saturated carbocycles. The van der Waals surface area contributed by atoms with E-state index in [1.54, 1.807) is 4.90 Å². The molecule has 2 amide bonds. The second-order valence-corrected chi connectivity index (χ2v) is 8.08. The molecule has 4 rings (SSSR count). The Balaban J connectivity index is 1.18. The van der Waals surface area contributed by atoms with Gasteiger partial charge in [0.25, 0.3) is 0 Å². The molecule has 0 bridgehead atoms. The Morgan fingerprint density at radius 1 is 0.812 bits per heavy atom. The van der Waals surface area contributed by atoms with Crippen molar-refractivity contribution in [1.29, 1.82) is 0 Å². The Labute approximate surface area is 188 Å². The molecule has 0 unspecified atom stereocenters. The van der Waals surface area contributed by atoms with Crippen LogP contribution in [0.5, 0.6) is 0 Å². The van der Waals surface area contributed by atoms with Crippen LogP contribution in [-0.4, -0.2) is 72.9 Å². The summed E-state index contributed by atoms with van der Waals surface area (Å²) in [6, 6.07) is 13.5. The largest absolute Gasteiger partial charge is 0.445 e. The Bertz CT molecular complexity index is 878. The number of hydrogen-bond donors (Lipinski definition) is 1. The lowest BCUT2D eigenvalue weighted by atomic mass is 10.1. The topological polar surface area (TPSA) is 90.9 Å². The summed E-state index contributed by atoms with van der Waals surface area (Å²) in [5.74, 6) is 1.65. The maximum absolute atomic E-state index is 12.4. The van der Waals surface area contributed by atoms with Gasteiger partial charge >= 0.3 is 6.09 Å². The molecule has 1 aromatic heterocycles. The van der Waals surface area contributed by atoms with Crippen molar-refractivity contribution in [3.05, 3.63) is 48.0 Å². The average molecular weight is 439 g/mol. The van der Waals surface area contributed by atoms with E-state index in [1.165, 1.54) is 19.3 Å². The molecule has 170 valence electrons. The third kappa shape index (κ3) is 5.87. The average Bonchev–Trinajstić information content (AvgIpc) is 2.87. The molecule has 2 saturated heterocycles. The first-order valence-corrected chi connectivity index (χ1v) is 11.2. The number of rotatable bonds is 6. The highest BCUT2D eigenvalue weighted by atomic mass is 16.5. The number of aromatic nitrogens is 2. The molecule has 2 aliphatic heterocycles. The predicted molar refractivity (Wildman–Crippen MR) is 122 cm³/mol. The Hall–Kier alpha value is -3.36. The quantitative estimate of drug-likeness (QED) is 0.738. The molecular weight excluding hydrogens is 408 g/mol. The minimum Gasteiger partial charge on any atom is -0.445 e. The van der Waals surface area contributed by atoms with Crippen molar-refractivity contribution in [2.24, 2.45) is 0 Å². The van der Waals surface area contributed by atoms with Crippen LogP contribution in [0.3, 0.4) is 0 Å². The molecule has 3 heterocycles. The first kappa shape index (κ1) is 21.9. The van der Waals surface area contributed by atoms with Crippen LogP contribution < -0.4 is 15.1 Å². The SMILES string of the molecule is O=C(NCC(=O)N1CCN(c2ccc(N3CCCCC3)nn2)CC1)OCc1ccccc1. The van der Waals surface area contributed by atoms with Crippen LogP contribution >= 0.6 is 0 Å². The summed E-state index contributed by atoms with van der Waals surface area (Å²) < 4.78 is 5.15. The van der Waals surface area contributed by atoms with Gasteiger partial charge in [-0.2, -0.15) is 0 Å². The number of ether oxygens (including phenoxy) is 1. The van der Waals surface area contributed by atoms with E-state index in [-0.39, 0.29) is 19.1 Å². The number of carbonyl (C=O) groups is 2. The summed E-state index contributed by atoms with van der Waals surface area (Å²) in [5.41, 5.74) is 0.900. The molecule has 1 N–H and O–H groups in total. The summed E-state index contributed by atoms with van der Waals surface area (Å²) in [7, 11) is 0. The lowest BCUT2D eigenvalue weighted by Crippen LogP contribution is -2.51. The van der Waals surface area contributed by atoms with Crippen molar-refractivity contribution >= 4 is 23.6 Å². The van der Waals surface area contributed by atoms with Gasteiger partial charge in [0.15, 0.2) is 11.6 Å². The molecule has 0 radical (unpaired) electrons. The molecule has 2 aromatic rings. The fourth-order valence-electron chi connectivity index (χ4n) is 4.00. The van der Waals surface area contributed by atoms with Gasteiger partial charge in [0.2, 0.25) is 5.91 Å². The zero-order chi connectivity index (χ0) is 22.2. The minimum atomic E-state index is -0.593. The monoisotopic (exact) mass is 438 g/mol. The highest BCUT2D eigenvalue weighted by molar-refractivity contribution is 5.82. The zero-order valence-electron chi connectivity index (χ0n) is 18.3. The molecule has 32 heavy (non-hydrogen) atoms. The summed E-state index contributed by atoms with van der Waals surface area (Å²) in [4.78, 5) is 30.5. The van der Waals surface area contributed by atoms with E-state index in [0.29, 0.717) is 26.2 Å². The van der Waals surface area contributed by atoms with Crippen molar-refractivity contribution < 1.29 is 14.3 Å². The van der Waals surface area contributed by atoms with Crippen molar-refractivity contribution in [1.82, 2.24) is 20.4 Å². The smallest absolute Gasteiger partial charge is 0.407 e. The van der Waals surface area contributed by atoms with Gasteiger partial charge in [0, 0.05) is 39.3 Å². The standard InChI is InChI=1S/C23H30N6O3/c30-22(17-24-23(31)32-18-19-7-3-1-4-8-19)29-15-13-28(14-16-29)21-10-9-20(25-26-21)27-11-5-2-6-12-27/h1,3-4,7-10H,2,5-6,11-18H2,(H,24,31). The first-order valence-electron chi connectivity index (χ1n) is 11.2. The first-order chi connectivity index (χ1) is 15.7. The number of amides is 2. The van der Waals surface area contributed by atoms with Crippen molar-refractivity contribution in [3.63, 3.8) is 0 Å². The second kappa shape index (κ2) is 10.8. The van der Waals surface area contributed by atoms with Crippen molar-refractivity contribution in [2.45, 2.75) is 25.9 Å². The van der Waals surface area contributed by atoms with Crippen molar-refractivity contribution in [3.8, 4) is 0 Å². The number of anilines is 2. The van der Waals surface area contributed by atoms with E-state index in [4.69, 9.17) is 4.74 Å². The number of alkyl carbamates (subject to hydrolysis) is 1. The van der Waals surface area contributed by atoms with Gasteiger partial charge in [-0.25, -0.2) is 4.79 Å². The van der Waals surface area contributed by atoms with Gasteiger partial charge in [-0.1, -0.05) is 30.3 Å². The Kier molecular flexibility index (Phi) is 7.37. The highest BCUT2D eigenvalue weighted by Gasteiger charge is 2.23. The number of carbonyl (C=O) groups excluding carboxylic acids is 2. The van der Waals surface area contributed by atoms with Gasteiger partial charge in [-0.3, -0.25) is 4.79 Å². The molecule has 0 spiro atoms. The van der Waals surface area contributed by atoms with Gasteiger partial charge < -0.3 is 24.8 Å². The molecule has 2 aliphatic rings. The van der Waals surface area contributed by atoms with Crippen LogP contribution in [0, 0.1) is 0 Å². The number of benzene rings is 1. The Morgan fingerprint density at radius 3 is 2.06 bits per heavy atom. The predicted octanol–water partition coefficient (Wildman–Crippen LogP) is 2.04. The van der Waals surface area contributed by atoms with E-state index in [2.05, 4.69) is 25.3 Å². The Morgan fingerprint density at radius 2 is 1.44 bits per heavy atom. The number of piperazine rings is 1. The number of piperidine rings is 1. The van der Waals surface area contributed by atoms with Crippen LogP contribution in [-0.2, 0) is 16.1 Å². The van der Waals surface area contributed by atoms with Crippen LogP contribution in [0.1, 0.15) is 24.8 Å². The van der Waals surface area contributed by atoms with E-state index < -0.39 is 6.09 Å². The minimum absolute atomic E-state index is 0.0715. The normalized spacial score (nSPS) is 16.6. The molecular formula is C23H30N6O3. The van der Waals surface area contributed by atoms with Gasteiger partial charge in [-0.15, -0.1) is 10.2 Å². The van der Waals surface area contributed by atoms with E-state index >= 15 is 0 Å². The second-order valence-electron chi connectivity index (χ2n) is 8.08. The van der Waals surface area contributed by atoms with Crippen LogP contribution in [0.25, 0.3) is 0 Å². The molecule has 9 nitrogen and oxygen atoms in total. The van der Waals surface area contributed by atoms with E-state index in [0.717, 1.165) is 30.3 Å². The summed E-state index contributed by atoms with van der Waals surface area (Å²) >= 11 is 0. The fraction of sp³-hybridized carbons (Fsp3) is 0.478. The fourth-order valence-corrected chi connectivity index (χ4v) is 4.00. The van der Waals surface area contributed by atoms with E-state index in [9.17, 15) is 9.59 Å². The lowest BCUT2D eigenvalue weighted by Gasteiger charge is -2.35. The lowest BCUT2D eigenvalue weighted by molar-refractivity contribution is -0.130. The summed E-state index contributed by atoms with van der Waals surface area (Å²) in [6.07, 6.45) is 3.11. The highest BCUT2D eigenvalue weighted by Crippen LogP contribution is 2.19.